The fourth-order valence-corrected chi connectivity index (χ4v) is 2.15. The molecule has 1 N–H and O–H groups in total. The molecule has 2 aromatic heterocycles. The van der Waals surface area contributed by atoms with Crippen molar-refractivity contribution in [3.05, 3.63) is 33.6 Å². The Balaban J connectivity index is 2.21. The number of amides is 1. The van der Waals surface area contributed by atoms with Crippen LogP contribution in [0.2, 0.25) is 0 Å². The molecule has 0 aliphatic heterocycles. The minimum atomic E-state index is -0.238. The fraction of sp³-hybridized carbons (Fsp3) is 0.182. The standard InChI is InChI=1S/C11H10N4OS/c1-7-3-4-9(17-7)11(16)13-10-8(5-12)6-15(2)14-10/h3-4,6H,1-2H3,(H,13,14,16). The minimum Gasteiger partial charge on any atom is -0.303 e. The first kappa shape index (κ1) is 11.4. The number of thiophene rings is 1. The first-order chi connectivity index (χ1) is 8.10. The number of hydrogen-bond donors (Lipinski definition) is 1. The van der Waals surface area contributed by atoms with Gasteiger partial charge in [-0.1, -0.05) is 0 Å². The lowest BCUT2D eigenvalue weighted by Gasteiger charge is -1.99. The fourth-order valence-electron chi connectivity index (χ4n) is 1.39. The van der Waals surface area contributed by atoms with Gasteiger partial charge in [0.2, 0.25) is 0 Å². The quantitative estimate of drug-likeness (QED) is 0.879. The van der Waals surface area contributed by atoms with Crippen LogP contribution in [0.1, 0.15) is 20.1 Å². The van der Waals surface area contributed by atoms with E-state index in [2.05, 4.69) is 10.4 Å². The van der Waals surface area contributed by atoms with Crippen LogP contribution in [0.3, 0.4) is 0 Å². The molecular weight excluding hydrogens is 236 g/mol. The van der Waals surface area contributed by atoms with Crippen molar-refractivity contribution in [1.82, 2.24) is 9.78 Å². The number of nitrogens with one attached hydrogen (secondary N) is 1. The second-order valence-corrected chi connectivity index (χ2v) is 4.83. The van der Waals surface area contributed by atoms with Gasteiger partial charge in [0.25, 0.3) is 5.91 Å². The molecule has 17 heavy (non-hydrogen) atoms. The van der Waals surface area contributed by atoms with Gasteiger partial charge in [0.15, 0.2) is 5.82 Å². The van der Waals surface area contributed by atoms with Gasteiger partial charge in [0.1, 0.15) is 11.6 Å². The largest absolute Gasteiger partial charge is 0.303 e. The molecule has 2 rings (SSSR count). The summed E-state index contributed by atoms with van der Waals surface area (Å²) in [6.45, 7) is 1.93. The summed E-state index contributed by atoms with van der Waals surface area (Å²) in [4.78, 5) is 13.5. The van der Waals surface area contributed by atoms with Crippen LogP contribution in [-0.4, -0.2) is 15.7 Å². The van der Waals surface area contributed by atoms with Crippen molar-refractivity contribution >= 4 is 23.1 Å². The van der Waals surface area contributed by atoms with Crippen LogP contribution in [-0.2, 0) is 7.05 Å². The van der Waals surface area contributed by atoms with Crippen molar-refractivity contribution in [3.8, 4) is 6.07 Å². The normalized spacial score (nSPS) is 9.94. The number of carbonyl (C=O) groups is 1. The van der Waals surface area contributed by atoms with Crippen LogP contribution in [0.25, 0.3) is 0 Å². The van der Waals surface area contributed by atoms with E-state index in [1.807, 2.05) is 19.1 Å². The average Bonchev–Trinajstić information content (AvgIpc) is 2.85. The van der Waals surface area contributed by atoms with Gasteiger partial charge in [-0.25, -0.2) is 0 Å². The Hall–Kier alpha value is -2.13. The number of carbonyl (C=O) groups excluding carboxylic acids is 1. The van der Waals surface area contributed by atoms with E-state index < -0.39 is 0 Å². The van der Waals surface area contributed by atoms with Crippen molar-refractivity contribution in [1.29, 1.82) is 5.26 Å². The number of nitrogens with zero attached hydrogens (tertiary/aromatic N) is 3. The molecule has 2 aromatic rings. The zero-order valence-electron chi connectivity index (χ0n) is 9.39. The predicted octanol–water partition coefficient (Wildman–Crippen LogP) is 1.91. The summed E-state index contributed by atoms with van der Waals surface area (Å²) in [6.07, 6.45) is 1.56. The number of rotatable bonds is 2. The van der Waals surface area contributed by atoms with Gasteiger partial charge in [-0.2, -0.15) is 10.4 Å². The molecule has 0 spiro atoms. The summed E-state index contributed by atoms with van der Waals surface area (Å²) in [5.41, 5.74) is 0.356. The molecule has 0 radical (unpaired) electrons. The molecule has 0 saturated carbocycles. The van der Waals surface area contributed by atoms with Crippen LogP contribution in [0, 0.1) is 18.3 Å². The lowest BCUT2D eigenvalue weighted by atomic mass is 10.3. The Morgan fingerprint density at radius 2 is 2.35 bits per heavy atom. The van der Waals surface area contributed by atoms with E-state index >= 15 is 0 Å². The Kier molecular flexibility index (Phi) is 2.93. The van der Waals surface area contributed by atoms with Crippen LogP contribution < -0.4 is 5.32 Å². The maximum absolute atomic E-state index is 11.8. The zero-order chi connectivity index (χ0) is 12.4. The monoisotopic (exact) mass is 246 g/mol. The maximum atomic E-state index is 11.8. The van der Waals surface area contributed by atoms with E-state index in [0.29, 0.717) is 16.3 Å². The SMILES string of the molecule is Cc1ccc(C(=O)Nc2nn(C)cc2C#N)s1. The summed E-state index contributed by atoms with van der Waals surface area (Å²) in [5.74, 6) is 0.0596. The second-order valence-electron chi connectivity index (χ2n) is 3.54. The van der Waals surface area contributed by atoms with Crippen LogP contribution in [0.5, 0.6) is 0 Å². The third kappa shape index (κ3) is 2.34. The molecule has 0 bridgehead atoms. The zero-order valence-corrected chi connectivity index (χ0v) is 10.2. The molecule has 0 aliphatic rings. The Morgan fingerprint density at radius 1 is 1.59 bits per heavy atom. The first-order valence-electron chi connectivity index (χ1n) is 4.91. The lowest BCUT2D eigenvalue weighted by molar-refractivity contribution is 0.103. The van der Waals surface area contributed by atoms with Gasteiger partial charge in [0, 0.05) is 18.1 Å². The van der Waals surface area contributed by atoms with E-state index in [1.165, 1.54) is 16.0 Å². The van der Waals surface area contributed by atoms with E-state index in [4.69, 9.17) is 5.26 Å². The third-order valence-corrected chi connectivity index (χ3v) is 3.14. The highest BCUT2D eigenvalue weighted by atomic mass is 32.1. The molecule has 86 valence electrons. The molecule has 0 unspecified atom stereocenters. The van der Waals surface area contributed by atoms with Crippen LogP contribution in [0.15, 0.2) is 18.3 Å². The summed E-state index contributed by atoms with van der Waals surface area (Å²) in [7, 11) is 1.70. The lowest BCUT2D eigenvalue weighted by Crippen LogP contribution is -2.11. The second kappa shape index (κ2) is 4.39. The summed E-state index contributed by atoms with van der Waals surface area (Å²) >= 11 is 1.41. The third-order valence-electron chi connectivity index (χ3n) is 2.15. The van der Waals surface area contributed by atoms with Gasteiger partial charge in [0.05, 0.1) is 4.88 Å². The van der Waals surface area contributed by atoms with Crippen LogP contribution in [0.4, 0.5) is 5.82 Å². The highest BCUT2D eigenvalue weighted by Crippen LogP contribution is 2.18. The summed E-state index contributed by atoms with van der Waals surface area (Å²) < 4.78 is 1.49. The number of aromatic nitrogens is 2. The predicted molar refractivity (Wildman–Crippen MR) is 64.9 cm³/mol. The Labute approximate surface area is 102 Å². The maximum Gasteiger partial charge on any atom is 0.266 e. The highest BCUT2D eigenvalue weighted by molar-refractivity contribution is 7.14. The van der Waals surface area contributed by atoms with Gasteiger partial charge in [-0.3, -0.25) is 9.48 Å². The summed E-state index contributed by atoms with van der Waals surface area (Å²) in [6, 6.07) is 5.62. The number of anilines is 1. The molecule has 0 saturated heterocycles. The molecule has 1 amide bonds. The van der Waals surface area contributed by atoms with E-state index in [-0.39, 0.29) is 5.91 Å². The van der Waals surface area contributed by atoms with E-state index in [9.17, 15) is 4.79 Å². The molecule has 0 aliphatic carbocycles. The smallest absolute Gasteiger partial charge is 0.266 e. The number of hydrogen-bond acceptors (Lipinski definition) is 4. The first-order valence-corrected chi connectivity index (χ1v) is 5.73. The van der Waals surface area contributed by atoms with Crippen molar-refractivity contribution in [3.63, 3.8) is 0 Å². The average molecular weight is 246 g/mol. The topological polar surface area (TPSA) is 70.7 Å². The molecule has 0 fully saturated rings. The van der Waals surface area contributed by atoms with Gasteiger partial charge in [-0.05, 0) is 19.1 Å². The number of nitriles is 1. The highest BCUT2D eigenvalue weighted by Gasteiger charge is 2.13. The van der Waals surface area contributed by atoms with Gasteiger partial charge in [-0.15, -0.1) is 11.3 Å². The van der Waals surface area contributed by atoms with Crippen molar-refractivity contribution < 1.29 is 4.79 Å². The van der Waals surface area contributed by atoms with Gasteiger partial charge >= 0.3 is 0 Å². The Bertz CT molecular complexity index is 605. The Morgan fingerprint density at radius 3 is 2.94 bits per heavy atom. The summed E-state index contributed by atoms with van der Waals surface area (Å²) in [5, 5.41) is 15.5. The van der Waals surface area contributed by atoms with Crippen molar-refractivity contribution in [2.75, 3.05) is 5.32 Å². The minimum absolute atomic E-state index is 0.238. The molecular formula is C11H10N4OS. The van der Waals surface area contributed by atoms with Gasteiger partial charge < -0.3 is 5.32 Å². The van der Waals surface area contributed by atoms with Crippen LogP contribution >= 0.6 is 11.3 Å². The molecule has 2 heterocycles. The van der Waals surface area contributed by atoms with Crippen molar-refractivity contribution in [2.45, 2.75) is 6.92 Å². The van der Waals surface area contributed by atoms with E-state index in [1.54, 1.807) is 19.3 Å². The molecule has 5 nitrogen and oxygen atoms in total. The van der Waals surface area contributed by atoms with Crippen molar-refractivity contribution in [2.24, 2.45) is 7.05 Å². The molecule has 6 heteroatoms. The molecule has 0 atom stereocenters. The molecule has 0 aromatic carbocycles. The van der Waals surface area contributed by atoms with E-state index in [0.717, 1.165) is 4.88 Å². The number of aryl methyl sites for hydroxylation is 2.